The van der Waals surface area contributed by atoms with Gasteiger partial charge >= 0.3 is 0 Å². The van der Waals surface area contributed by atoms with Gasteiger partial charge in [0.05, 0.1) is 12.2 Å². The molecule has 14 heavy (non-hydrogen) atoms. The second-order valence-electron chi connectivity index (χ2n) is 3.67. The fourth-order valence-electron chi connectivity index (χ4n) is 1.09. The maximum Gasteiger partial charge on any atom is 0.107 e. The van der Waals surface area contributed by atoms with E-state index in [9.17, 15) is 0 Å². The molecule has 0 amide bonds. The first-order valence-electron chi connectivity index (χ1n) is 4.73. The van der Waals surface area contributed by atoms with Gasteiger partial charge < -0.3 is 0 Å². The smallest absolute Gasteiger partial charge is 0.107 e. The summed E-state index contributed by atoms with van der Waals surface area (Å²) in [7, 11) is 2.08. The van der Waals surface area contributed by atoms with Crippen molar-refractivity contribution in [2.75, 3.05) is 12.9 Å². The predicted molar refractivity (Wildman–Crippen MR) is 63.2 cm³/mol. The molecule has 0 bridgehead atoms. The van der Waals surface area contributed by atoms with Gasteiger partial charge in [-0.25, -0.2) is 4.98 Å². The van der Waals surface area contributed by atoms with E-state index >= 15 is 0 Å². The van der Waals surface area contributed by atoms with Crippen molar-refractivity contribution < 1.29 is 0 Å². The molecular weight excluding hydrogens is 216 g/mol. The minimum absolute atomic E-state index is 0.404. The van der Waals surface area contributed by atoms with Crippen molar-refractivity contribution in [1.29, 1.82) is 0 Å². The third kappa shape index (κ3) is 2.94. The average Bonchev–Trinajstić information content (AvgIpc) is 2.44. The molecule has 0 saturated carbocycles. The fourth-order valence-corrected chi connectivity index (χ4v) is 2.33. The number of aryl methyl sites for hydroxylation is 2. The molecule has 0 N–H and O–H groups in total. The number of rotatable bonds is 4. The van der Waals surface area contributed by atoms with E-state index < -0.39 is 0 Å². The number of halogens is 1. The van der Waals surface area contributed by atoms with Crippen LogP contribution in [0, 0.1) is 13.8 Å². The molecule has 4 heteroatoms. The Balaban J connectivity index is 2.60. The topological polar surface area (TPSA) is 16.1 Å². The van der Waals surface area contributed by atoms with Crippen LogP contribution in [0.4, 0.5) is 0 Å². The molecule has 1 heterocycles. The van der Waals surface area contributed by atoms with Gasteiger partial charge in [-0.05, 0) is 27.8 Å². The third-order valence-electron chi connectivity index (χ3n) is 2.43. The van der Waals surface area contributed by atoms with E-state index in [1.165, 1.54) is 9.88 Å². The van der Waals surface area contributed by atoms with Crippen molar-refractivity contribution in [3.63, 3.8) is 0 Å². The molecule has 0 saturated heterocycles. The Kier molecular flexibility index (Phi) is 4.35. The van der Waals surface area contributed by atoms with Crippen LogP contribution in [0.5, 0.6) is 0 Å². The molecule has 1 rings (SSSR count). The van der Waals surface area contributed by atoms with Crippen molar-refractivity contribution in [2.24, 2.45) is 0 Å². The summed E-state index contributed by atoms with van der Waals surface area (Å²) in [6, 6.07) is 0.404. The molecule has 0 radical (unpaired) electrons. The largest absolute Gasteiger partial charge is 0.296 e. The number of hydrogen-bond donors (Lipinski definition) is 0. The van der Waals surface area contributed by atoms with Crippen molar-refractivity contribution in [1.82, 2.24) is 9.88 Å². The summed E-state index contributed by atoms with van der Waals surface area (Å²) in [6.07, 6.45) is 0. The maximum atomic E-state index is 5.79. The van der Waals surface area contributed by atoms with Crippen LogP contribution < -0.4 is 0 Å². The predicted octanol–water partition coefficient (Wildman–Crippen LogP) is 2.82. The van der Waals surface area contributed by atoms with Crippen LogP contribution in [-0.2, 0) is 6.54 Å². The number of alkyl halides is 1. The van der Waals surface area contributed by atoms with Gasteiger partial charge in [-0.2, -0.15) is 0 Å². The van der Waals surface area contributed by atoms with Gasteiger partial charge in [0.25, 0.3) is 0 Å². The van der Waals surface area contributed by atoms with Crippen LogP contribution in [0.25, 0.3) is 0 Å². The zero-order chi connectivity index (χ0) is 10.7. The molecule has 1 unspecified atom stereocenters. The molecule has 0 aliphatic carbocycles. The summed E-state index contributed by atoms with van der Waals surface area (Å²) in [5.41, 5.74) is 1.15. The van der Waals surface area contributed by atoms with E-state index in [0.29, 0.717) is 11.9 Å². The first-order valence-corrected chi connectivity index (χ1v) is 6.08. The summed E-state index contributed by atoms with van der Waals surface area (Å²) in [6.45, 7) is 7.19. The highest BCUT2D eigenvalue weighted by Crippen LogP contribution is 2.18. The molecule has 0 spiro atoms. The zero-order valence-corrected chi connectivity index (χ0v) is 10.7. The molecular formula is C10H17ClN2S. The molecule has 0 aliphatic heterocycles. The average molecular weight is 233 g/mol. The first kappa shape index (κ1) is 12.0. The van der Waals surface area contributed by atoms with E-state index in [4.69, 9.17) is 11.6 Å². The summed E-state index contributed by atoms with van der Waals surface area (Å²) < 4.78 is 0. The molecule has 0 aromatic carbocycles. The Morgan fingerprint density at radius 2 is 2.14 bits per heavy atom. The zero-order valence-electron chi connectivity index (χ0n) is 9.17. The number of nitrogens with zero attached hydrogens (tertiary/aromatic N) is 2. The highest BCUT2D eigenvalue weighted by molar-refractivity contribution is 7.11. The van der Waals surface area contributed by atoms with E-state index in [0.717, 1.165) is 12.2 Å². The SMILES string of the molecule is Cc1nc(CN(C)C(C)CCl)sc1C. The molecule has 0 aliphatic rings. The van der Waals surface area contributed by atoms with Crippen molar-refractivity contribution in [3.8, 4) is 0 Å². The number of hydrogen-bond acceptors (Lipinski definition) is 3. The molecule has 0 fully saturated rings. The van der Waals surface area contributed by atoms with E-state index in [-0.39, 0.29) is 0 Å². The standard InChI is InChI=1S/C10H17ClN2S/c1-7(5-11)13(4)6-10-12-8(2)9(3)14-10/h7H,5-6H2,1-4H3. The highest BCUT2D eigenvalue weighted by Gasteiger charge is 2.11. The Labute approximate surface area is 94.9 Å². The number of thiazole rings is 1. The molecule has 80 valence electrons. The summed E-state index contributed by atoms with van der Waals surface area (Å²) >= 11 is 7.57. The third-order valence-corrected chi connectivity index (χ3v) is 3.94. The van der Waals surface area contributed by atoms with Gasteiger partial charge in [-0.1, -0.05) is 0 Å². The maximum absolute atomic E-state index is 5.79. The minimum Gasteiger partial charge on any atom is -0.296 e. The van der Waals surface area contributed by atoms with Crippen LogP contribution in [0.1, 0.15) is 22.5 Å². The lowest BCUT2D eigenvalue weighted by molar-refractivity contribution is 0.268. The molecule has 1 aromatic heterocycles. The van der Waals surface area contributed by atoms with Gasteiger partial charge in [-0.15, -0.1) is 22.9 Å². The lowest BCUT2D eigenvalue weighted by Crippen LogP contribution is -2.29. The normalized spacial score (nSPS) is 13.6. The van der Waals surface area contributed by atoms with Crippen LogP contribution in [0.3, 0.4) is 0 Å². The van der Waals surface area contributed by atoms with Crippen molar-refractivity contribution in [2.45, 2.75) is 33.4 Å². The molecule has 1 atom stereocenters. The van der Waals surface area contributed by atoms with Gasteiger partial charge in [0.1, 0.15) is 5.01 Å². The van der Waals surface area contributed by atoms with E-state index in [1.54, 1.807) is 11.3 Å². The second kappa shape index (κ2) is 5.10. The summed E-state index contributed by atoms with van der Waals surface area (Å²) in [5.74, 6) is 0.667. The van der Waals surface area contributed by atoms with Crippen LogP contribution in [0.2, 0.25) is 0 Å². The van der Waals surface area contributed by atoms with E-state index in [2.05, 4.69) is 37.7 Å². The quantitative estimate of drug-likeness (QED) is 0.743. The van der Waals surface area contributed by atoms with Gasteiger partial charge in [0.15, 0.2) is 0 Å². The van der Waals surface area contributed by atoms with Crippen LogP contribution in [0.15, 0.2) is 0 Å². The van der Waals surface area contributed by atoms with Crippen molar-refractivity contribution in [3.05, 3.63) is 15.6 Å². The Bertz CT molecular complexity index is 279. The Morgan fingerprint density at radius 1 is 1.50 bits per heavy atom. The summed E-state index contributed by atoms with van der Waals surface area (Å²) in [4.78, 5) is 8.04. The Hall–Kier alpha value is -0.120. The van der Waals surface area contributed by atoms with Gasteiger partial charge in [0.2, 0.25) is 0 Å². The molecule has 2 nitrogen and oxygen atoms in total. The minimum atomic E-state index is 0.404. The van der Waals surface area contributed by atoms with Crippen molar-refractivity contribution >= 4 is 22.9 Å². The highest BCUT2D eigenvalue weighted by atomic mass is 35.5. The Morgan fingerprint density at radius 3 is 2.57 bits per heavy atom. The summed E-state index contributed by atoms with van der Waals surface area (Å²) in [5, 5.41) is 1.18. The second-order valence-corrected chi connectivity index (χ2v) is 5.26. The van der Waals surface area contributed by atoms with Gasteiger partial charge in [0, 0.05) is 16.8 Å². The lowest BCUT2D eigenvalue weighted by Gasteiger charge is -2.21. The van der Waals surface area contributed by atoms with Crippen LogP contribution >= 0.6 is 22.9 Å². The molecule has 1 aromatic rings. The van der Waals surface area contributed by atoms with Gasteiger partial charge in [-0.3, -0.25) is 4.90 Å². The first-order chi connectivity index (χ1) is 6.54. The fraction of sp³-hybridized carbons (Fsp3) is 0.700. The monoisotopic (exact) mass is 232 g/mol. The van der Waals surface area contributed by atoms with Crippen LogP contribution in [-0.4, -0.2) is 28.9 Å². The number of aromatic nitrogens is 1. The lowest BCUT2D eigenvalue weighted by atomic mass is 10.3. The van der Waals surface area contributed by atoms with E-state index in [1.807, 2.05) is 0 Å².